The number of carbonyl (C=O) groups excluding carboxylic acids is 4. The van der Waals surface area contributed by atoms with Gasteiger partial charge in [-0.2, -0.15) is 0 Å². The van der Waals surface area contributed by atoms with E-state index in [4.69, 9.17) is 24.4 Å². The van der Waals surface area contributed by atoms with Gasteiger partial charge in [-0.25, -0.2) is 9.48 Å². The summed E-state index contributed by atoms with van der Waals surface area (Å²) in [5, 5.41) is 55.1. The van der Waals surface area contributed by atoms with Gasteiger partial charge in [-0.3, -0.25) is 33.6 Å². The molecule has 0 bridgehead atoms. The summed E-state index contributed by atoms with van der Waals surface area (Å²) < 4.78 is 18.6. The second-order valence-electron chi connectivity index (χ2n) is 26.9. The van der Waals surface area contributed by atoms with Gasteiger partial charge in [0, 0.05) is 52.9 Å². The van der Waals surface area contributed by atoms with E-state index in [0.29, 0.717) is 89.1 Å². The summed E-state index contributed by atoms with van der Waals surface area (Å²) in [6, 6.07) is 0. The van der Waals surface area contributed by atoms with Gasteiger partial charge < -0.3 is 50.6 Å². The smallest absolute Gasteiger partial charge is 0.406 e. The number of hydrogen-bond acceptors (Lipinski definition) is 13. The number of carbonyl (C=O) groups is 8. The molecule has 0 aliphatic heterocycles. The van der Waals surface area contributed by atoms with Crippen LogP contribution < -0.4 is 16.0 Å². The third kappa shape index (κ3) is 42.8. The standard InChI is InChI=1S/C41H71N5O8.C32H59NO7.2C2H6/c1-3-4-5-6-7-9-12-15-18-25-41(39(50)51,26-19-16-13-10-8-11-14-17-20-37(47)48)38(49)43-27-29-53-30-28-46-36-24-22-33-32(21-23-35(36)44-45-46)34(33)31-54-40(52)42-2;1-3-4-5-6-7-9-12-15-18-24-32(31(38)39,28(34)21-20-26-40-27-23-29(35)33-2)25-19-16-13-10-8-11-14-17-22-30(36)37;2*1-2/h32-34H,3-31H2,1-2H3,(H,42,52)(H,43,49)(H,47,48)(H,50,51);3-27H2,1-2H3,(H,33,35)(H,36,37)(H,38,39);2*1-2H3/t32-,33+,34-,41?;;;/m1.../s1. The molecule has 2 aliphatic carbocycles. The van der Waals surface area contributed by atoms with Crippen molar-refractivity contribution in [3.63, 3.8) is 0 Å². The number of carboxylic acid groups (broad SMARTS) is 4. The third-order valence-corrected chi connectivity index (χ3v) is 19.6. The minimum atomic E-state index is -1.44. The number of unbranched alkanes of at least 4 members (excludes halogenated alkanes) is 30. The number of ether oxygens (including phenoxy) is 3. The van der Waals surface area contributed by atoms with Gasteiger partial charge in [-0.05, 0) is 88.4 Å². The first-order chi connectivity index (χ1) is 47.5. The molecule has 21 nitrogen and oxygen atoms in total. The fraction of sp³-hybridized carbons (Fsp3) is 0.870. The van der Waals surface area contributed by atoms with E-state index in [2.05, 4.69) is 40.1 Å². The molecule has 3 amide bonds. The maximum atomic E-state index is 13.6. The molecular weight excluding hydrogens is 1250 g/mol. The zero-order valence-corrected chi connectivity index (χ0v) is 63.0. The highest BCUT2D eigenvalue weighted by Crippen LogP contribution is 2.53. The lowest BCUT2D eigenvalue weighted by molar-refractivity contribution is -0.158. The normalized spacial score (nSPS) is 15.6. The van der Waals surface area contributed by atoms with Gasteiger partial charge in [0.05, 0.1) is 44.4 Å². The number of nitrogens with zero attached hydrogens (tertiary/aromatic N) is 3. The minimum absolute atomic E-state index is 0.0971. The second kappa shape index (κ2) is 61.7. The second-order valence-corrected chi connectivity index (χ2v) is 26.9. The topological polar surface area (TPSA) is 312 Å². The number of aliphatic carboxylic acids is 4. The number of Topliss-reactive ketones (excluding diaryl/α,β-unsaturated/α-hetero) is 1. The molecule has 2 unspecified atom stereocenters. The number of ketones is 1. The molecule has 570 valence electrons. The lowest BCUT2D eigenvalue weighted by Gasteiger charge is -2.28. The van der Waals surface area contributed by atoms with Crippen LogP contribution in [0.15, 0.2) is 0 Å². The summed E-state index contributed by atoms with van der Waals surface area (Å²) in [5.41, 5.74) is -0.589. The Morgan fingerprint density at radius 2 is 0.878 bits per heavy atom. The first-order valence-electron chi connectivity index (χ1n) is 39.4. The van der Waals surface area contributed by atoms with Crippen molar-refractivity contribution in [1.82, 2.24) is 30.9 Å². The first-order valence-corrected chi connectivity index (χ1v) is 39.4. The predicted octanol–water partition coefficient (Wildman–Crippen LogP) is 17.0. The minimum Gasteiger partial charge on any atom is -0.481 e. The summed E-state index contributed by atoms with van der Waals surface area (Å²) in [4.78, 5) is 96.4. The molecule has 1 heterocycles. The number of carboxylic acids is 4. The van der Waals surface area contributed by atoms with Crippen molar-refractivity contribution in [1.29, 1.82) is 0 Å². The molecule has 0 spiro atoms. The predicted molar refractivity (Wildman–Crippen MR) is 389 cm³/mol. The van der Waals surface area contributed by atoms with Crippen LogP contribution in [-0.2, 0) is 67.2 Å². The summed E-state index contributed by atoms with van der Waals surface area (Å²) in [5.74, 6) is -2.68. The Balaban J connectivity index is 0.00000191. The molecule has 98 heavy (non-hydrogen) atoms. The van der Waals surface area contributed by atoms with E-state index < -0.39 is 40.6 Å². The highest BCUT2D eigenvalue weighted by Gasteiger charge is 2.50. The molecule has 0 saturated heterocycles. The van der Waals surface area contributed by atoms with Gasteiger partial charge in [-0.15, -0.1) is 5.10 Å². The maximum absolute atomic E-state index is 13.6. The van der Waals surface area contributed by atoms with E-state index in [-0.39, 0.29) is 63.2 Å². The number of rotatable bonds is 61. The number of alkyl carbamates (subject to hydrolysis) is 1. The fourth-order valence-corrected chi connectivity index (χ4v) is 13.5. The average Bonchev–Trinajstić information content (AvgIpc) is 1.60. The Hall–Kier alpha value is -5.18. The Bertz CT molecular complexity index is 2230. The van der Waals surface area contributed by atoms with Crippen molar-refractivity contribution < 1.29 is 73.0 Å². The van der Waals surface area contributed by atoms with E-state index in [1.54, 1.807) is 14.1 Å². The van der Waals surface area contributed by atoms with E-state index in [1.165, 1.54) is 70.6 Å². The van der Waals surface area contributed by atoms with Crippen molar-refractivity contribution >= 4 is 47.6 Å². The quantitative estimate of drug-likeness (QED) is 0.0235. The van der Waals surface area contributed by atoms with Gasteiger partial charge in [0.1, 0.15) is 16.6 Å². The monoisotopic (exact) mass is 1390 g/mol. The van der Waals surface area contributed by atoms with Crippen molar-refractivity contribution in [2.24, 2.45) is 28.6 Å². The van der Waals surface area contributed by atoms with Crippen LogP contribution in [0.1, 0.15) is 342 Å². The van der Waals surface area contributed by atoms with Crippen LogP contribution in [0.5, 0.6) is 0 Å². The number of fused-ring (bicyclic) bond motifs is 2. The lowest BCUT2D eigenvalue weighted by Crippen LogP contribution is -2.47. The third-order valence-electron chi connectivity index (χ3n) is 19.6. The summed E-state index contributed by atoms with van der Waals surface area (Å²) >= 11 is 0. The SMILES string of the molecule is CC.CC.CCCCCCCCCCCC(CCCCCCCCCCC(=O)O)(C(=O)O)C(=O)CCCOCCC(=O)NC.CCCCCCCCCCCC(CCCCCCCCCCC(=O)O)(C(=O)O)C(=O)NCCOCCn1nnc2c1CC[C@H]1[C@@H](CC2)[C@H]1COC(=O)NC. The molecule has 3 rings (SSSR count). The molecule has 1 aromatic rings. The molecular formula is C77H142N6O15. The average molecular weight is 1390 g/mol. The van der Waals surface area contributed by atoms with Crippen molar-refractivity contribution in [2.45, 2.75) is 350 Å². The van der Waals surface area contributed by atoms with E-state index in [0.717, 1.165) is 172 Å². The molecule has 0 aromatic carbocycles. The van der Waals surface area contributed by atoms with Gasteiger partial charge in [0.2, 0.25) is 11.8 Å². The van der Waals surface area contributed by atoms with Gasteiger partial charge in [-0.1, -0.05) is 252 Å². The Morgan fingerprint density at radius 1 is 0.469 bits per heavy atom. The molecule has 0 radical (unpaired) electrons. The van der Waals surface area contributed by atoms with Crippen LogP contribution in [-0.4, -0.2) is 137 Å². The summed E-state index contributed by atoms with van der Waals surface area (Å²) in [6.45, 7) is 15.0. The number of aromatic nitrogens is 3. The Kier molecular flexibility index (Phi) is 58.4. The number of amides is 3. The van der Waals surface area contributed by atoms with Crippen LogP contribution in [0.2, 0.25) is 0 Å². The fourth-order valence-electron chi connectivity index (χ4n) is 13.5. The first kappa shape index (κ1) is 92.8. The number of hydrogen-bond donors (Lipinski definition) is 7. The molecule has 1 aromatic heterocycles. The molecule has 5 atom stereocenters. The van der Waals surface area contributed by atoms with Gasteiger partial charge in [0.25, 0.3) is 0 Å². The van der Waals surface area contributed by atoms with Crippen molar-refractivity contribution in [3.8, 4) is 0 Å². The molecule has 21 heteroatoms. The van der Waals surface area contributed by atoms with Crippen LogP contribution >= 0.6 is 0 Å². The van der Waals surface area contributed by atoms with E-state index in [9.17, 15) is 48.6 Å². The van der Waals surface area contributed by atoms with Crippen molar-refractivity contribution in [2.75, 3.05) is 53.7 Å². The molecule has 7 N–H and O–H groups in total. The van der Waals surface area contributed by atoms with Crippen LogP contribution in [0.25, 0.3) is 0 Å². The van der Waals surface area contributed by atoms with E-state index >= 15 is 0 Å². The highest BCUT2D eigenvalue weighted by atomic mass is 16.5. The Morgan fingerprint density at radius 3 is 1.30 bits per heavy atom. The van der Waals surface area contributed by atoms with E-state index in [1.807, 2.05) is 32.4 Å². The molecule has 1 fully saturated rings. The Labute approximate surface area is 592 Å². The van der Waals surface area contributed by atoms with Crippen molar-refractivity contribution in [3.05, 3.63) is 11.4 Å². The summed E-state index contributed by atoms with van der Waals surface area (Å²) in [7, 11) is 3.14. The van der Waals surface area contributed by atoms with Crippen LogP contribution in [0.3, 0.4) is 0 Å². The maximum Gasteiger partial charge on any atom is 0.406 e. The molecule has 2 aliphatic rings. The number of aryl methyl sites for hydroxylation is 1. The zero-order chi connectivity index (χ0) is 72.9. The largest absolute Gasteiger partial charge is 0.481 e. The van der Waals surface area contributed by atoms with Gasteiger partial charge in [0.15, 0.2) is 0 Å². The van der Waals surface area contributed by atoms with Gasteiger partial charge >= 0.3 is 30.0 Å². The summed E-state index contributed by atoms with van der Waals surface area (Å²) in [6.07, 6.45) is 41.2. The lowest BCUT2D eigenvalue weighted by atomic mass is 9.73. The highest BCUT2D eigenvalue weighted by molar-refractivity contribution is 6.03. The zero-order valence-electron chi connectivity index (χ0n) is 63.0. The number of nitrogens with one attached hydrogen (secondary N) is 3. The van der Waals surface area contributed by atoms with Crippen LogP contribution in [0.4, 0.5) is 4.79 Å². The van der Waals surface area contributed by atoms with Crippen LogP contribution in [0, 0.1) is 28.6 Å². The molecule has 1 saturated carbocycles.